The van der Waals surface area contributed by atoms with Gasteiger partial charge in [0.1, 0.15) is 6.10 Å². The first-order chi connectivity index (χ1) is 8.02. The fraction of sp³-hybridized carbons (Fsp3) is 0.636. The number of aliphatic hydroxyl groups is 2. The summed E-state index contributed by atoms with van der Waals surface area (Å²) in [5.74, 6) is -1.40. The van der Waals surface area contributed by atoms with Gasteiger partial charge in [0.15, 0.2) is 0 Å². The second kappa shape index (κ2) is 4.56. The minimum absolute atomic E-state index is 0.279. The van der Waals surface area contributed by atoms with Gasteiger partial charge in [0.2, 0.25) is 5.91 Å². The molecule has 0 aromatic heterocycles. The molecule has 4 atom stereocenters. The highest BCUT2D eigenvalue weighted by Gasteiger charge is 2.41. The molecular formula is C11H15NO5. The van der Waals surface area contributed by atoms with Crippen LogP contribution in [0.15, 0.2) is 11.6 Å². The number of amides is 2. The summed E-state index contributed by atoms with van der Waals surface area (Å²) in [6, 6.07) is 0. The average molecular weight is 240 g/mol. The van der Waals surface area contributed by atoms with Gasteiger partial charge in [0, 0.05) is 12.0 Å². The Kier molecular flexibility index (Phi) is 3.28. The van der Waals surface area contributed by atoms with Crippen molar-refractivity contribution in [2.75, 3.05) is 6.61 Å². The first-order valence-electron chi connectivity index (χ1n) is 5.51. The maximum atomic E-state index is 11.6. The Morgan fingerprint density at radius 2 is 2.24 bits per heavy atom. The van der Waals surface area contributed by atoms with Crippen LogP contribution in [0.1, 0.15) is 13.3 Å². The van der Waals surface area contributed by atoms with Crippen molar-refractivity contribution >= 4 is 11.8 Å². The summed E-state index contributed by atoms with van der Waals surface area (Å²) in [6.45, 7) is 1.33. The molecule has 0 aliphatic carbocycles. The summed E-state index contributed by atoms with van der Waals surface area (Å²) in [5, 5.41) is 20.8. The Bertz CT molecular complexity index is 378. The van der Waals surface area contributed by atoms with Crippen LogP contribution >= 0.6 is 0 Å². The molecule has 1 fully saturated rings. The molecule has 2 amide bonds. The number of hydrogen-bond acceptors (Lipinski definition) is 5. The minimum atomic E-state index is -0.774. The van der Waals surface area contributed by atoms with Gasteiger partial charge in [0.05, 0.1) is 24.7 Å². The van der Waals surface area contributed by atoms with Crippen LogP contribution in [-0.2, 0) is 14.3 Å². The molecule has 0 bridgehead atoms. The predicted molar refractivity (Wildman–Crippen MR) is 56.8 cm³/mol. The summed E-state index contributed by atoms with van der Waals surface area (Å²) in [5.41, 5.74) is 0.458. The highest BCUT2D eigenvalue weighted by atomic mass is 16.5. The lowest BCUT2D eigenvalue weighted by atomic mass is 9.88. The molecule has 2 aliphatic heterocycles. The molecule has 2 aliphatic rings. The van der Waals surface area contributed by atoms with E-state index in [4.69, 9.17) is 9.84 Å². The lowest BCUT2D eigenvalue weighted by Crippen LogP contribution is -2.44. The van der Waals surface area contributed by atoms with Crippen molar-refractivity contribution in [1.29, 1.82) is 0 Å². The van der Waals surface area contributed by atoms with Crippen molar-refractivity contribution in [3.8, 4) is 0 Å². The van der Waals surface area contributed by atoms with E-state index in [0.717, 1.165) is 0 Å². The predicted octanol–water partition coefficient (Wildman–Crippen LogP) is -1.28. The third-order valence-electron chi connectivity index (χ3n) is 3.16. The highest BCUT2D eigenvalue weighted by molar-refractivity contribution is 6.08. The second-order valence-electron chi connectivity index (χ2n) is 4.39. The number of aliphatic hydroxyl groups excluding tert-OH is 2. The number of carbonyl (C=O) groups excluding carboxylic acids is 2. The van der Waals surface area contributed by atoms with Crippen molar-refractivity contribution in [1.82, 2.24) is 5.32 Å². The van der Waals surface area contributed by atoms with Crippen LogP contribution in [0.3, 0.4) is 0 Å². The number of rotatable bonds is 2. The monoisotopic (exact) mass is 240 g/mol. The average Bonchev–Trinajstić information content (AvgIpc) is 2.65. The molecule has 0 radical (unpaired) electrons. The van der Waals surface area contributed by atoms with Gasteiger partial charge >= 0.3 is 0 Å². The van der Waals surface area contributed by atoms with E-state index in [-0.39, 0.29) is 13.0 Å². The Morgan fingerprint density at radius 1 is 1.53 bits per heavy atom. The number of nitrogens with one attached hydrogen (secondary N) is 1. The van der Waals surface area contributed by atoms with Crippen LogP contribution in [0.2, 0.25) is 0 Å². The third kappa shape index (κ3) is 2.24. The fourth-order valence-corrected chi connectivity index (χ4v) is 2.15. The Morgan fingerprint density at radius 3 is 2.82 bits per heavy atom. The first kappa shape index (κ1) is 12.2. The number of ether oxygens (including phenoxy) is 1. The van der Waals surface area contributed by atoms with Crippen molar-refractivity contribution < 1.29 is 24.5 Å². The third-order valence-corrected chi connectivity index (χ3v) is 3.16. The molecule has 2 rings (SSSR count). The zero-order chi connectivity index (χ0) is 12.6. The SMILES string of the molecule is [11CH3]C1=CC(C2CC(O)C(CO)O2)C(=O)NC1=O. The highest BCUT2D eigenvalue weighted by Crippen LogP contribution is 2.28. The Hall–Kier alpha value is -1.24. The minimum Gasteiger partial charge on any atom is -0.394 e. The summed E-state index contributed by atoms with van der Waals surface area (Å²) >= 11 is 0. The van der Waals surface area contributed by atoms with Crippen LogP contribution in [0.5, 0.6) is 0 Å². The van der Waals surface area contributed by atoms with Gasteiger partial charge in [-0.05, 0) is 6.92 Å². The van der Waals surface area contributed by atoms with Gasteiger partial charge in [-0.1, -0.05) is 6.08 Å². The Labute approximate surface area is 98.3 Å². The van der Waals surface area contributed by atoms with Crippen LogP contribution in [0.25, 0.3) is 0 Å². The molecule has 6 nitrogen and oxygen atoms in total. The van der Waals surface area contributed by atoms with Crippen molar-refractivity contribution in [3.63, 3.8) is 0 Å². The molecule has 0 saturated carbocycles. The van der Waals surface area contributed by atoms with Gasteiger partial charge in [-0.2, -0.15) is 0 Å². The van der Waals surface area contributed by atoms with Crippen LogP contribution in [0.4, 0.5) is 0 Å². The van der Waals surface area contributed by atoms with Crippen molar-refractivity contribution in [3.05, 3.63) is 11.6 Å². The lowest BCUT2D eigenvalue weighted by Gasteiger charge is -2.23. The van der Waals surface area contributed by atoms with E-state index in [1.165, 1.54) is 0 Å². The quantitative estimate of drug-likeness (QED) is 0.522. The van der Waals surface area contributed by atoms with Gasteiger partial charge in [-0.3, -0.25) is 14.9 Å². The van der Waals surface area contributed by atoms with Crippen molar-refractivity contribution in [2.24, 2.45) is 5.92 Å². The number of hydrogen-bond donors (Lipinski definition) is 3. The van der Waals surface area contributed by atoms with E-state index in [2.05, 4.69) is 5.32 Å². The van der Waals surface area contributed by atoms with E-state index >= 15 is 0 Å². The molecule has 0 aromatic carbocycles. The molecular weight excluding hydrogens is 225 g/mol. The first-order valence-corrected chi connectivity index (χ1v) is 5.51. The van der Waals surface area contributed by atoms with Crippen LogP contribution in [-0.4, -0.2) is 46.9 Å². The van der Waals surface area contributed by atoms with Gasteiger partial charge in [0.25, 0.3) is 5.91 Å². The number of carbonyl (C=O) groups is 2. The van der Waals surface area contributed by atoms with Gasteiger partial charge in [-0.25, -0.2) is 0 Å². The van der Waals surface area contributed by atoms with E-state index in [9.17, 15) is 14.7 Å². The van der Waals surface area contributed by atoms with E-state index < -0.39 is 36.0 Å². The van der Waals surface area contributed by atoms with Crippen molar-refractivity contribution in [2.45, 2.75) is 31.7 Å². The van der Waals surface area contributed by atoms with E-state index in [1.54, 1.807) is 13.0 Å². The summed E-state index contributed by atoms with van der Waals surface area (Å²) in [7, 11) is 0. The maximum absolute atomic E-state index is 11.6. The Balaban J connectivity index is 2.13. The smallest absolute Gasteiger partial charge is 0.253 e. The second-order valence-corrected chi connectivity index (χ2v) is 4.39. The number of imide groups is 1. The fourth-order valence-electron chi connectivity index (χ4n) is 2.15. The van der Waals surface area contributed by atoms with Gasteiger partial charge in [-0.15, -0.1) is 0 Å². The van der Waals surface area contributed by atoms with Crippen LogP contribution < -0.4 is 5.32 Å². The van der Waals surface area contributed by atoms with Gasteiger partial charge < -0.3 is 14.9 Å². The largest absolute Gasteiger partial charge is 0.394 e. The zero-order valence-corrected chi connectivity index (χ0v) is 9.42. The molecule has 1 saturated heterocycles. The molecule has 0 aromatic rings. The molecule has 17 heavy (non-hydrogen) atoms. The molecule has 4 unspecified atom stereocenters. The molecule has 6 heteroatoms. The molecule has 3 N–H and O–H groups in total. The normalized spacial score (nSPS) is 37.9. The van der Waals surface area contributed by atoms with Crippen LogP contribution in [0, 0.1) is 5.92 Å². The van der Waals surface area contributed by atoms with E-state index in [0.29, 0.717) is 5.57 Å². The molecule has 2 heterocycles. The topological polar surface area (TPSA) is 95.9 Å². The lowest BCUT2D eigenvalue weighted by molar-refractivity contribution is -0.134. The summed E-state index contributed by atoms with van der Waals surface area (Å²) in [4.78, 5) is 22.9. The molecule has 0 spiro atoms. The summed E-state index contributed by atoms with van der Waals surface area (Å²) < 4.78 is 5.40. The standard InChI is InChI=1S/C11H15NO5/c1-5-2-6(11(16)12-10(5)15)8-3-7(14)9(4-13)17-8/h2,6-9,13-14H,3-4H2,1H3,(H,12,15,16)/i1-1. The molecule has 94 valence electrons. The maximum Gasteiger partial charge on any atom is 0.253 e. The summed E-state index contributed by atoms with van der Waals surface area (Å²) in [6.07, 6.45) is -0.0898. The van der Waals surface area contributed by atoms with E-state index in [1.807, 2.05) is 0 Å². The zero-order valence-electron chi connectivity index (χ0n) is 9.42.